The van der Waals surface area contributed by atoms with Crippen molar-refractivity contribution in [1.82, 2.24) is 5.16 Å². The molecule has 2 rings (SSSR count). The Hall–Kier alpha value is -1.52. The molecule has 1 heterocycles. The lowest BCUT2D eigenvalue weighted by Crippen LogP contribution is -1.92. The van der Waals surface area contributed by atoms with Gasteiger partial charge in [-0.1, -0.05) is 22.8 Å². The molecule has 84 valence electrons. The van der Waals surface area contributed by atoms with E-state index in [1.54, 1.807) is 13.2 Å². The Morgan fingerprint density at radius 2 is 2.25 bits per heavy atom. The molecule has 0 unspecified atom stereocenters. The van der Waals surface area contributed by atoms with Crippen LogP contribution in [-0.4, -0.2) is 12.3 Å². The van der Waals surface area contributed by atoms with Gasteiger partial charge in [0.15, 0.2) is 0 Å². The molecule has 1 aromatic carbocycles. The Labute approximate surface area is 97.9 Å². The summed E-state index contributed by atoms with van der Waals surface area (Å²) in [5, 5.41) is 4.49. The summed E-state index contributed by atoms with van der Waals surface area (Å²) in [4.78, 5) is 0. The smallest absolute Gasteiger partial charge is 0.222 e. The minimum Gasteiger partial charge on any atom is -0.380 e. The van der Waals surface area contributed by atoms with Gasteiger partial charge in [-0.05, 0) is 17.7 Å². The summed E-state index contributed by atoms with van der Waals surface area (Å²) in [5.41, 5.74) is 8.00. The molecule has 0 amide bonds. The SMILES string of the molecule is COCc1ccc(Cl)cc1-c1cc(N)on1. The third kappa shape index (κ3) is 2.18. The quantitative estimate of drug-likeness (QED) is 0.893. The maximum atomic E-state index is 5.94. The predicted octanol–water partition coefficient (Wildman–Crippen LogP) is 2.72. The van der Waals surface area contributed by atoms with E-state index in [1.807, 2.05) is 18.2 Å². The largest absolute Gasteiger partial charge is 0.380 e. The second-order valence-electron chi connectivity index (χ2n) is 3.35. The van der Waals surface area contributed by atoms with Crippen molar-refractivity contribution in [2.45, 2.75) is 6.61 Å². The molecule has 0 radical (unpaired) electrons. The average molecular weight is 239 g/mol. The van der Waals surface area contributed by atoms with Crippen LogP contribution in [0.25, 0.3) is 11.3 Å². The van der Waals surface area contributed by atoms with Crippen molar-refractivity contribution >= 4 is 17.5 Å². The molecule has 1 aromatic heterocycles. The molecule has 0 saturated heterocycles. The van der Waals surface area contributed by atoms with Gasteiger partial charge in [-0.25, -0.2) is 0 Å². The molecule has 0 aliphatic heterocycles. The highest BCUT2D eigenvalue weighted by atomic mass is 35.5. The fourth-order valence-electron chi connectivity index (χ4n) is 1.48. The van der Waals surface area contributed by atoms with Crippen LogP contribution < -0.4 is 5.73 Å². The van der Waals surface area contributed by atoms with Crippen LogP contribution in [0.1, 0.15) is 5.56 Å². The van der Waals surface area contributed by atoms with E-state index in [4.69, 9.17) is 26.6 Å². The fraction of sp³-hybridized carbons (Fsp3) is 0.182. The molecule has 4 nitrogen and oxygen atoms in total. The fourth-order valence-corrected chi connectivity index (χ4v) is 1.66. The highest BCUT2D eigenvalue weighted by molar-refractivity contribution is 6.30. The summed E-state index contributed by atoms with van der Waals surface area (Å²) in [6, 6.07) is 7.17. The van der Waals surface area contributed by atoms with Gasteiger partial charge in [-0.2, -0.15) is 0 Å². The van der Waals surface area contributed by atoms with Gasteiger partial charge in [0.05, 0.1) is 6.61 Å². The van der Waals surface area contributed by atoms with Crippen molar-refractivity contribution in [3.05, 3.63) is 34.9 Å². The zero-order chi connectivity index (χ0) is 11.5. The Morgan fingerprint density at radius 1 is 1.44 bits per heavy atom. The molecule has 0 saturated carbocycles. The lowest BCUT2D eigenvalue weighted by Gasteiger charge is -2.06. The number of rotatable bonds is 3. The van der Waals surface area contributed by atoms with Gasteiger partial charge < -0.3 is 15.0 Å². The van der Waals surface area contributed by atoms with Crippen LogP contribution >= 0.6 is 11.6 Å². The second kappa shape index (κ2) is 4.55. The molecule has 0 bridgehead atoms. The van der Waals surface area contributed by atoms with Crippen LogP contribution in [-0.2, 0) is 11.3 Å². The number of methoxy groups -OCH3 is 1. The molecule has 0 aliphatic carbocycles. The molecule has 5 heteroatoms. The van der Waals surface area contributed by atoms with Gasteiger partial charge in [0, 0.05) is 23.8 Å². The van der Waals surface area contributed by atoms with Gasteiger partial charge in [0.25, 0.3) is 0 Å². The van der Waals surface area contributed by atoms with Crippen LogP contribution in [0.3, 0.4) is 0 Å². The van der Waals surface area contributed by atoms with Gasteiger partial charge in [-0.3, -0.25) is 0 Å². The topological polar surface area (TPSA) is 61.3 Å². The van der Waals surface area contributed by atoms with Crippen LogP contribution in [0.2, 0.25) is 5.02 Å². The highest BCUT2D eigenvalue weighted by Gasteiger charge is 2.10. The Kier molecular flexibility index (Phi) is 3.12. The standard InChI is InChI=1S/C11H11ClN2O2/c1-15-6-7-2-3-8(12)4-9(7)10-5-11(13)16-14-10/h2-5H,6,13H2,1H3. The van der Waals surface area contributed by atoms with E-state index in [9.17, 15) is 0 Å². The van der Waals surface area contributed by atoms with Crippen LogP contribution in [0.15, 0.2) is 28.8 Å². The van der Waals surface area contributed by atoms with Crippen molar-refractivity contribution < 1.29 is 9.26 Å². The van der Waals surface area contributed by atoms with Crippen molar-refractivity contribution in [3.8, 4) is 11.3 Å². The Bertz CT molecular complexity index is 496. The number of ether oxygens (including phenoxy) is 1. The van der Waals surface area contributed by atoms with Crippen molar-refractivity contribution in [2.24, 2.45) is 0 Å². The molecular formula is C11H11ClN2O2. The molecule has 0 atom stereocenters. The van der Waals surface area contributed by atoms with Crippen LogP contribution in [0, 0.1) is 0 Å². The molecular weight excluding hydrogens is 228 g/mol. The Balaban J connectivity index is 2.48. The van der Waals surface area contributed by atoms with Crippen molar-refractivity contribution in [3.63, 3.8) is 0 Å². The van der Waals surface area contributed by atoms with Crippen LogP contribution in [0.5, 0.6) is 0 Å². The number of halogens is 1. The van der Waals surface area contributed by atoms with Crippen molar-refractivity contribution in [2.75, 3.05) is 12.8 Å². The van der Waals surface area contributed by atoms with Gasteiger partial charge >= 0.3 is 0 Å². The molecule has 0 fully saturated rings. The monoisotopic (exact) mass is 238 g/mol. The summed E-state index contributed by atoms with van der Waals surface area (Å²) >= 11 is 5.94. The first kappa shape index (κ1) is 11.0. The molecule has 2 N–H and O–H groups in total. The number of nitrogens with zero attached hydrogens (tertiary/aromatic N) is 1. The minimum absolute atomic E-state index is 0.276. The van der Waals surface area contributed by atoms with Gasteiger partial charge in [0.1, 0.15) is 5.69 Å². The van der Waals surface area contributed by atoms with E-state index in [0.717, 1.165) is 11.1 Å². The van der Waals surface area contributed by atoms with E-state index in [1.165, 1.54) is 0 Å². The molecule has 0 spiro atoms. The third-order valence-corrected chi connectivity index (χ3v) is 2.41. The van der Waals surface area contributed by atoms with Gasteiger partial charge in [-0.15, -0.1) is 0 Å². The molecule has 2 aromatic rings. The second-order valence-corrected chi connectivity index (χ2v) is 3.79. The first-order valence-corrected chi connectivity index (χ1v) is 5.08. The zero-order valence-corrected chi connectivity index (χ0v) is 9.49. The van der Waals surface area contributed by atoms with E-state index in [0.29, 0.717) is 17.3 Å². The molecule has 16 heavy (non-hydrogen) atoms. The average Bonchev–Trinajstić information content (AvgIpc) is 2.68. The number of benzene rings is 1. The third-order valence-electron chi connectivity index (χ3n) is 2.18. The number of hydrogen-bond donors (Lipinski definition) is 1. The highest BCUT2D eigenvalue weighted by Crippen LogP contribution is 2.27. The van der Waals surface area contributed by atoms with E-state index in [-0.39, 0.29) is 5.88 Å². The van der Waals surface area contributed by atoms with Gasteiger partial charge in [0.2, 0.25) is 5.88 Å². The lowest BCUT2D eigenvalue weighted by atomic mass is 10.1. The van der Waals surface area contributed by atoms with Crippen molar-refractivity contribution in [1.29, 1.82) is 0 Å². The number of anilines is 1. The summed E-state index contributed by atoms with van der Waals surface area (Å²) in [5.74, 6) is 0.276. The van der Waals surface area contributed by atoms with E-state index < -0.39 is 0 Å². The summed E-state index contributed by atoms with van der Waals surface area (Å²) in [7, 11) is 1.63. The predicted molar refractivity (Wildman–Crippen MR) is 62.1 cm³/mol. The van der Waals surface area contributed by atoms with E-state index in [2.05, 4.69) is 5.16 Å². The summed E-state index contributed by atoms with van der Waals surface area (Å²) in [6.07, 6.45) is 0. The summed E-state index contributed by atoms with van der Waals surface area (Å²) < 4.78 is 9.94. The van der Waals surface area contributed by atoms with E-state index >= 15 is 0 Å². The molecule has 0 aliphatic rings. The lowest BCUT2D eigenvalue weighted by molar-refractivity contribution is 0.185. The zero-order valence-electron chi connectivity index (χ0n) is 8.74. The number of hydrogen-bond acceptors (Lipinski definition) is 4. The summed E-state index contributed by atoms with van der Waals surface area (Å²) in [6.45, 7) is 0.485. The Morgan fingerprint density at radius 3 is 2.88 bits per heavy atom. The number of nitrogen functional groups attached to an aromatic ring is 1. The minimum atomic E-state index is 0.276. The number of aromatic nitrogens is 1. The first-order chi connectivity index (χ1) is 7.70. The maximum Gasteiger partial charge on any atom is 0.222 e. The van der Waals surface area contributed by atoms with Crippen LogP contribution in [0.4, 0.5) is 5.88 Å². The normalized spacial score (nSPS) is 10.6. The number of nitrogens with two attached hydrogens (primary N) is 1. The maximum absolute atomic E-state index is 5.94. The first-order valence-electron chi connectivity index (χ1n) is 4.70.